The molecule has 1 aromatic heterocycles. The number of hydrogen-bond acceptors (Lipinski definition) is 1. The van der Waals surface area contributed by atoms with Crippen molar-refractivity contribution in [3.8, 4) is 11.3 Å². The number of aromatic nitrogens is 1. The fourth-order valence-electron chi connectivity index (χ4n) is 3.10. The topological polar surface area (TPSA) is 48.0 Å². The van der Waals surface area contributed by atoms with Gasteiger partial charge in [0.1, 0.15) is 0 Å². The van der Waals surface area contributed by atoms with E-state index in [0.717, 1.165) is 28.9 Å². The molecule has 1 amide bonds. The molecule has 3 aromatic rings. The van der Waals surface area contributed by atoms with Crippen LogP contribution in [0.2, 0.25) is 10.0 Å². The summed E-state index contributed by atoms with van der Waals surface area (Å²) in [6.45, 7) is 4.65. The van der Waals surface area contributed by atoms with Crippen molar-refractivity contribution in [1.29, 1.82) is 0 Å². The van der Waals surface area contributed by atoms with Crippen LogP contribution in [0.25, 0.3) is 11.3 Å². The maximum Gasteiger partial charge on any atom is 0.250 e. The van der Waals surface area contributed by atoms with Gasteiger partial charge in [-0.15, -0.1) is 0 Å². The van der Waals surface area contributed by atoms with Crippen molar-refractivity contribution in [2.75, 3.05) is 0 Å². The smallest absolute Gasteiger partial charge is 0.250 e. The summed E-state index contributed by atoms with van der Waals surface area (Å²) in [5.74, 6) is -0.417. The minimum atomic E-state index is -0.417. The number of halogens is 2. The largest absolute Gasteiger partial charge is 0.366 e. The quantitative estimate of drug-likeness (QED) is 0.624. The summed E-state index contributed by atoms with van der Waals surface area (Å²) in [5.41, 5.74) is 11.2. The highest BCUT2D eigenvalue weighted by molar-refractivity contribution is 6.35. The maximum atomic E-state index is 11.8. The lowest BCUT2D eigenvalue weighted by molar-refractivity contribution is 0.0999. The van der Waals surface area contributed by atoms with Gasteiger partial charge in [0.25, 0.3) is 5.91 Å². The highest BCUT2D eigenvalue weighted by atomic mass is 35.5. The zero-order valence-electron chi connectivity index (χ0n) is 14.7. The average Bonchev–Trinajstić information content (AvgIpc) is 2.92. The van der Waals surface area contributed by atoms with Crippen molar-refractivity contribution in [3.63, 3.8) is 0 Å². The second-order valence-electron chi connectivity index (χ2n) is 6.40. The molecule has 0 spiro atoms. The number of rotatable bonds is 5. The van der Waals surface area contributed by atoms with Crippen molar-refractivity contribution in [2.45, 2.75) is 26.8 Å². The number of benzene rings is 2. The standard InChI is InChI=1S/C21H20Cl2N2O/c1-13-3-5-16(6-4-13)20-12-18(21(24)26)14(2)25(20)10-9-15-7-8-17(22)11-19(15)23/h3-8,11-12H,9-10H2,1-2H3,(H2,24,26). The molecule has 2 N–H and O–H groups in total. The first-order valence-corrected chi connectivity index (χ1v) is 9.13. The number of primary amides is 1. The molecule has 5 heteroatoms. The number of carbonyl (C=O) groups is 1. The van der Waals surface area contributed by atoms with Gasteiger partial charge >= 0.3 is 0 Å². The first-order valence-electron chi connectivity index (χ1n) is 8.37. The molecule has 26 heavy (non-hydrogen) atoms. The summed E-state index contributed by atoms with van der Waals surface area (Å²) in [7, 11) is 0. The minimum absolute atomic E-state index is 0.417. The average molecular weight is 387 g/mol. The van der Waals surface area contributed by atoms with Crippen molar-refractivity contribution in [1.82, 2.24) is 4.57 Å². The van der Waals surface area contributed by atoms with Gasteiger partial charge < -0.3 is 10.3 Å². The van der Waals surface area contributed by atoms with Crippen molar-refractivity contribution in [2.24, 2.45) is 5.73 Å². The molecule has 0 aliphatic rings. The maximum absolute atomic E-state index is 11.8. The third kappa shape index (κ3) is 3.79. The molecular weight excluding hydrogens is 367 g/mol. The first-order chi connectivity index (χ1) is 12.4. The van der Waals surface area contributed by atoms with Gasteiger partial charge in [0, 0.05) is 28.0 Å². The number of carbonyl (C=O) groups excluding carboxylic acids is 1. The summed E-state index contributed by atoms with van der Waals surface area (Å²) in [6.07, 6.45) is 0.725. The van der Waals surface area contributed by atoms with E-state index in [0.29, 0.717) is 22.2 Å². The van der Waals surface area contributed by atoms with Crippen LogP contribution in [0.15, 0.2) is 48.5 Å². The molecule has 0 atom stereocenters. The van der Waals surface area contributed by atoms with E-state index < -0.39 is 5.91 Å². The van der Waals surface area contributed by atoms with Gasteiger partial charge in [0.2, 0.25) is 0 Å². The Labute approximate surface area is 163 Å². The molecule has 2 aromatic carbocycles. The number of amides is 1. The number of nitrogens with two attached hydrogens (primary N) is 1. The van der Waals surface area contributed by atoms with Crippen LogP contribution < -0.4 is 5.73 Å². The van der Waals surface area contributed by atoms with E-state index in [1.54, 1.807) is 6.07 Å². The molecule has 0 unspecified atom stereocenters. The summed E-state index contributed by atoms with van der Waals surface area (Å²) in [4.78, 5) is 11.8. The fraction of sp³-hybridized carbons (Fsp3) is 0.190. The molecule has 0 aliphatic heterocycles. The van der Waals surface area contributed by atoms with Gasteiger partial charge in [-0.2, -0.15) is 0 Å². The van der Waals surface area contributed by atoms with Crippen LogP contribution in [0.1, 0.15) is 27.2 Å². The lowest BCUT2D eigenvalue weighted by atomic mass is 10.1. The second kappa shape index (κ2) is 7.56. The van der Waals surface area contributed by atoms with Crippen molar-refractivity contribution >= 4 is 29.1 Å². The Kier molecular flexibility index (Phi) is 5.40. The van der Waals surface area contributed by atoms with E-state index in [2.05, 4.69) is 28.8 Å². The van der Waals surface area contributed by atoms with Gasteiger partial charge in [-0.1, -0.05) is 59.1 Å². The van der Waals surface area contributed by atoms with Crippen LogP contribution in [-0.2, 0) is 13.0 Å². The van der Waals surface area contributed by atoms with E-state index in [9.17, 15) is 4.79 Å². The Morgan fingerprint density at radius 3 is 2.35 bits per heavy atom. The van der Waals surface area contributed by atoms with Crippen molar-refractivity contribution < 1.29 is 4.79 Å². The summed E-state index contributed by atoms with van der Waals surface area (Å²) in [6, 6.07) is 15.6. The predicted octanol–water partition coefficient (Wildman–Crippen LogP) is 5.42. The molecule has 0 fully saturated rings. The molecule has 0 aliphatic carbocycles. The van der Waals surface area contributed by atoms with E-state index in [1.807, 2.05) is 32.0 Å². The van der Waals surface area contributed by atoms with Crippen LogP contribution in [0.3, 0.4) is 0 Å². The van der Waals surface area contributed by atoms with Crippen LogP contribution in [-0.4, -0.2) is 10.5 Å². The molecule has 0 radical (unpaired) electrons. The summed E-state index contributed by atoms with van der Waals surface area (Å²) >= 11 is 12.3. The SMILES string of the molecule is Cc1ccc(-c2cc(C(N)=O)c(C)n2CCc2ccc(Cl)cc2Cl)cc1. The van der Waals surface area contributed by atoms with Crippen LogP contribution in [0.5, 0.6) is 0 Å². The van der Waals surface area contributed by atoms with Crippen LogP contribution >= 0.6 is 23.2 Å². The van der Waals surface area contributed by atoms with E-state index in [-0.39, 0.29) is 0 Å². The highest BCUT2D eigenvalue weighted by Gasteiger charge is 2.17. The Morgan fingerprint density at radius 2 is 1.73 bits per heavy atom. The molecule has 3 rings (SSSR count). The van der Waals surface area contributed by atoms with Gasteiger partial charge in [0.05, 0.1) is 5.56 Å². The van der Waals surface area contributed by atoms with Crippen LogP contribution in [0.4, 0.5) is 0 Å². The van der Waals surface area contributed by atoms with Gasteiger partial charge in [0.15, 0.2) is 0 Å². The Hall–Kier alpha value is -2.23. The zero-order chi connectivity index (χ0) is 18.8. The lowest BCUT2D eigenvalue weighted by Crippen LogP contribution is -2.13. The second-order valence-corrected chi connectivity index (χ2v) is 7.24. The normalized spacial score (nSPS) is 10.9. The third-order valence-corrected chi connectivity index (χ3v) is 5.19. The summed E-state index contributed by atoms with van der Waals surface area (Å²) in [5, 5.41) is 1.27. The Balaban J connectivity index is 1.99. The Bertz CT molecular complexity index is 959. The molecular formula is C21H20Cl2N2O. The molecule has 3 nitrogen and oxygen atoms in total. The lowest BCUT2D eigenvalue weighted by Gasteiger charge is -2.13. The van der Waals surface area contributed by atoms with Crippen LogP contribution in [0, 0.1) is 13.8 Å². The molecule has 0 bridgehead atoms. The molecule has 0 saturated heterocycles. The predicted molar refractivity (Wildman–Crippen MR) is 108 cm³/mol. The Morgan fingerprint density at radius 1 is 1.04 bits per heavy atom. The minimum Gasteiger partial charge on any atom is -0.366 e. The van der Waals surface area contributed by atoms with E-state index in [1.165, 1.54) is 5.56 Å². The number of nitrogens with zero attached hydrogens (tertiary/aromatic N) is 1. The van der Waals surface area contributed by atoms with Gasteiger partial charge in [-0.25, -0.2) is 0 Å². The molecule has 0 saturated carbocycles. The van der Waals surface area contributed by atoms with Gasteiger partial charge in [-0.05, 0) is 49.6 Å². The number of aryl methyl sites for hydroxylation is 2. The van der Waals surface area contributed by atoms with Gasteiger partial charge in [-0.3, -0.25) is 4.79 Å². The van der Waals surface area contributed by atoms with E-state index in [4.69, 9.17) is 28.9 Å². The third-order valence-electron chi connectivity index (χ3n) is 4.60. The first kappa shape index (κ1) is 18.6. The molecule has 1 heterocycles. The summed E-state index contributed by atoms with van der Waals surface area (Å²) < 4.78 is 2.12. The number of hydrogen-bond donors (Lipinski definition) is 1. The zero-order valence-corrected chi connectivity index (χ0v) is 16.2. The van der Waals surface area contributed by atoms with Crippen molar-refractivity contribution in [3.05, 3.63) is 81.0 Å². The van der Waals surface area contributed by atoms with E-state index >= 15 is 0 Å². The monoisotopic (exact) mass is 386 g/mol. The highest BCUT2D eigenvalue weighted by Crippen LogP contribution is 2.28. The molecule has 134 valence electrons. The fourth-order valence-corrected chi connectivity index (χ4v) is 3.61.